The minimum atomic E-state index is -0.335. The maximum atomic E-state index is 13.1. The van der Waals surface area contributed by atoms with Crippen molar-refractivity contribution in [2.24, 2.45) is 0 Å². The van der Waals surface area contributed by atoms with Crippen LogP contribution in [0.2, 0.25) is 0 Å². The Morgan fingerprint density at radius 1 is 1.20 bits per heavy atom. The fourth-order valence-corrected chi connectivity index (χ4v) is 2.26. The molecule has 2 aromatic heterocycles. The summed E-state index contributed by atoms with van der Waals surface area (Å²) in [4.78, 5) is 12.9. The van der Waals surface area contributed by atoms with Gasteiger partial charge in [0.15, 0.2) is 0 Å². The number of halogens is 1. The van der Waals surface area contributed by atoms with Gasteiger partial charge in [0, 0.05) is 11.9 Å². The Kier molecular flexibility index (Phi) is 3.26. The number of hydrogen-bond donors (Lipinski definition) is 2. The van der Waals surface area contributed by atoms with E-state index in [1.807, 2.05) is 0 Å². The molecule has 0 fully saturated rings. The van der Waals surface area contributed by atoms with Gasteiger partial charge in [-0.1, -0.05) is 17.4 Å². The lowest BCUT2D eigenvalue weighted by molar-refractivity contribution is 0.471. The lowest BCUT2D eigenvalue weighted by Gasteiger charge is -2.05. The highest BCUT2D eigenvalue weighted by Crippen LogP contribution is 2.28. The van der Waals surface area contributed by atoms with Crippen LogP contribution < -0.4 is 5.32 Å². The number of nitrogens with one attached hydrogen (secondary N) is 1. The summed E-state index contributed by atoms with van der Waals surface area (Å²) in [5.74, 6) is 0.0134. The van der Waals surface area contributed by atoms with E-state index in [4.69, 9.17) is 0 Å². The van der Waals surface area contributed by atoms with Gasteiger partial charge in [-0.15, -0.1) is 0 Å². The van der Waals surface area contributed by atoms with Gasteiger partial charge in [0.1, 0.15) is 5.82 Å². The zero-order valence-corrected chi connectivity index (χ0v) is 10.9. The fraction of sp³-hybridized carbons (Fsp3) is 0. The van der Waals surface area contributed by atoms with Gasteiger partial charge in [0.25, 0.3) is 5.19 Å². The van der Waals surface area contributed by atoms with Crippen LogP contribution in [0.4, 0.5) is 16.0 Å². The molecule has 0 saturated carbocycles. The molecule has 7 heteroatoms. The molecule has 100 valence electrons. The highest BCUT2D eigenvalue weighted by molar-refractivity contribution is 7.16. The Labute approximate surface area is 117 Å². The minimum Gasteiger partial charge on any atom is -0.486 e. The van der Waals surface area contributed by atoms with Crippen LogP contribution in [0.15, 0.2) is 42.7 Å². The molecule has 0 spiro atoms. The van der Waals surface area contributed by atoms with Gasteiger partial charge in [-0.25, -0.2) is 19.3 Å². The first-order valence-corrected chi connectivity index (χ1v) is 6.53. The van der Waals surface area contributed by atoms with Crippen molar-refractivity contribution in [3.8, 4) is 15.8 Å². The molecule has 5 nitrogen and oxygen atoms in total. The number of nitrogens with zero attached hydrogens (tertiary/aromatic N) is 3. The van der Waals surface area contributed by atoms with E-state index in [1.54, 1.807) is 24.4 Å². The van der Waals surface area contributed by atoms with Crippen LogP contribution in [0, 0.1) is 5.82 Å². The van der Waals surface area contributed by atoms with E-state index in [2.05, 4.69) is 20.3 Å². The number of thiazole rings is 1. The number of anilines is 2. The normalized spacial score (nSPS) is 10.4. The average molecular weight is 288 g/mol. The molecule has 0 bridgehead atoms. The van der Waals surface area contributed by atoms with Crippen molar-refractivity contribution >= 4 is 23.0 Å². The van der Waals surface area contributed by atoms with Gasteiger partial charge >= 0.3 is 0 Å². The van der Waals surface area contributed by atoms with E-state index in [-0.39, 0.29) is 11.0 Å². The smallest absolute Gasteiger partial charge is 0.271 e. The van der Waals surface area contributed by atoms with E-state index in [9.17, 15) is 9.50 Å². The predicted octanol–water partition coefficient (Wildman–Crippen LogP) is 3.19. The van der Waals surface area contributed by atoms with E-state index < -0.39 is 0 Å². The van der Waals surface area contributed by atoms with Crippen LogP contribution >= 0.6 is 11.3 Å². The first-order chi connectivity index (χ1) is 9.70. The van der Waals surface area contributed by atoms with Crippen molar-refractivity contribution in [3.05, 3.63) is 48.5 Å². The van der Waals surface area contributed by atoms with Crippen molar-refractivity contribution in [1.29, 1.82) is 0 Å². The highest BCUT2D eigenvalue weighted by Gasteiger charge is 2.07. The molecule has 20 heavy (non-hydrogen) atoms. The third-order valence-corrected chi connectivity index (χ3v) is 3.30. The quantitative estimate of drug-likeness (QED) is 0.774. The fourth-order valence-electron chi connectivity index (χ4n) is 1.63. The molecule has 3 aromatic rings. The topological polar surface area (TPSA) is 70.9 Å². The molecular weight excluding hydrogens is 279 g/mol. The standard InChI is InChI=1S/C13H9FN4OS/c14-8-2-1-3-9(6-8)17-12-15-5-4-10(18-12)11-7-16-13(19)20-11/h1-7H,(H,16,19)(H,15,17,18). The van der Waals surface area contributed by atoms with Crippen molar-refractivity contribution in [1.82, 2.24) is 15.0 Å². The number of aromatic hydroxyl groups is 1. The molecule has 0 aliphatic carbocycles. The van der Waals surface area contributed by atoms with Gasteiger partial charge in [-0.2, -0.15) is 0 Å². The van der Waals surface area contributed by atoms with Crippen LogP contribution in [0.5, 0.6) is 5.19 Å². The molecule has 0 atom stereocenters. The summed E-state index contributed by atoms with van der Waals surface area (Å²) in [7, 11) is 0. The molecule has 0 aliphatic rings. The van der Waals surface area contributed by atoms with Crippen LogP contribution in [0.25, 0.3) is 10.6 Å². The van der Waals surface area contributed by atoms with E-state index in [0.717, 1.165) is 16.2 Å². The average Bonchev–Trinajstić information content (AvgIpc) is 2.86. The molecule has 0 amide bonds. The van der Waals surface area contributed by atoms with Crippen LogP contribution in [-0.4, -0.2) is 20.1 Å². The van der Waals surface area contributed by atoms with Gasteiger partial charge in [0.2, 0.25) is 5.95 Å². The predicted molar refractivity (Wildman–Crippen MR) is 74.5 cm³/mol. The summed E-state index contributed by atoms with van der Waals surface area (Å²) >= 11 is 1.12. The van der Waals surface area contributed by atoms with Gasteiger partial charge in [-0.05, 0) is 24.3 Å². The zero-order valence-electron chi connectivity index (χ0n) is 10.1. The third-order valence-electron chi connectivity index (χ3n) is 2.48. The van der Waals surface area contributed by atoms with E-state index in [1.165, 1.54) is 18.3 Å². The first kappa shape index (κ1) is 12.5. The molecule has 0 saturated heterocycles. The molecular formula is C13H9FN4OS. The molecule has 2 heterocycles. The minimum absolute atomic E-state index is 0.0155. The molecule has 0 aliphatic heterocycles. The highest BCUT2D eigenvalue weighted by atomic mass is 32.1. The maximum Gasteiger partial charge on any atom is 0.271 e. The van der Waals surface area contributed by atoms with Gasteiger partial charge < -0.3 is 10.4 Å². The van der Waals surface area contributed by atoms with E-state index >= 15 is 0 Å². The molecule has 1 aromatic carbocycles. The van der Waals surface area contributed by atoms with Crippen molar-refractivity contribution in [2.75, 3.05) is 5.32 Å². The second kappa shape index (κ2) is 5.22. The Morgan fingerprint density at radius 2 is 2.10 bits per heavy atom. The van der Waals surface area contributed by atoms with Crippen molar-refractivity contribution in [3.63, 3.8) is 0 Å². The van der Waals surface area contributed by atoms with E-state index in [0.29, 0.717) is 17.3 Å². The van der Waals surface area contributed by atoms with Crippen LogP contribution in [-0.2, 0) is 0 Å². The largest absolute Gasteiger partial charge is 0.486 e. The van der Waals surface area contributed by atoms with Crippen LogP contribution in [0.1, 0.15) is 0 Å². The molecule has 2 N–H and O–H groups in total. The van der Waals surface area contributed by atoms with Crippen molar-refractivity contribution < 1.29 is 9.50 Å². The summed E-state index contributed by atoms with van der Waals surface area (Å²) in [6.45, 7) is 0. The second-order valence-electron chi connectivity index (χ2n) is 3.91. The Bertz CT molecular complexity index is 746. The number of benzene rings is 1. The van der Waals surface area contributed by atoms with Gasteiger partial charge in [-0.3, -0.25) is 0 Å². The summed E-state index contributed by atoms with van der Waals surface area (Å²) in [6, 6.07) is 7.75. The van der Waals surface area contributed by atoms with Crippen LogP contribution in [0.3, 0.4) is 0 Å². The number of rotatable bonds is 3. The monoisotopic (exact) mass is 288 g/mol. The maximum absolute atomic E-state index is 13.1. The molecule has 0 radical (unpaired) electrons. The SMILES string of the molecule is Oc1ncc(-c2ccnc(Nc3cccc(F)c3)n2)s1. The lowest BCUT2D eigenvalue weighted by atomic mass is 10.3. The third kappa shape index (κ3) is 2.72. The number of aromatic nitrogens is 3. The second-order valence-corrected chi connectivity index (χ2v) is 4.92. The Balaban J connectivity index is 1.88. The zero-order chi connectivity index (χ0) is 13.9. The molecule has 0 unspecified atom stereocenters. The first-order valence-electron chi connectivity index (χ1n) is 5.71. The molecule has 3 rings (SSSR count). The number of hydrogen-bond acceptors (Lipinski definition) is 6. The van der Waals surface area contributed by atoms with Gasteiger partial charge in [0.05, 0.1) is 16.8 Å². The summed E-state index contributed by atoms with van der Waals surface area (Å²) in [5, 5.41) is 12.2. The lowest BCUT2D eigenvalue weighted by Crippen LogP contribution is -1.97. The summed E-state index contributed by atoms with van der Waals surface area (Å²) < 4.78 is 13.1. The summed E-state index contributed by atoms with van der Waals surface area (Å²) in [5.41, 5.74) is 1.20. The summed E-state index contributed by atoms with van der Waals surface area (Å²) in [6.07, 6.45) is 3.12. The van der Waals surface area contributed by atoms with Crippen molar-refractivity contribution in [2.45, 2.75) is 0 Å². The Hall–Kier alpha value is -2.54. The Morgan fingerprint density at radius 3 is 2.85 bits per heavy atom.